The van der Waals surface area contributed by atoms with Crippen LogP contribution in [-0.2, 0) is 0 Å². The maximum Gasteiger partial charge on any atom is 0.243 e. The zero-order valence-electron chi connectivity index (χ0n) is 5.98. The molecule has 0 saturated carbocycles. The van der Waals surface area contributed by atoms with Crippen molar-refractivity contribution in [2.24, 2.45) is 0 Å². The summed E-state index contributed by atoms with van der Waals surface area (Å²) >= 11 is 1.53. The Morgan fingerprint density at radius 3 is 3.00 bits per heavy atom. The van der Waals surface area contributed by atoms with Crippen molar-refractivity contribution >= 4 is 17.4 Å². The maximum atomic E-state index is 10.2. The second-order valence-electron chi connectivity index (χ2n) is 2.10. The van der Waals surface area contributed by atoms with Crippen LogP contribution in [0.1, 0.15) is 12.5 Å². The second-order valence-corrected chi connectivity index (χ2v) is 2.88. The molecule has 0 aliphatic heterocycles. The van der Waals surface area contributed by atoms with Gasteiger partial charge in [0.05, 0.1) is 4.92 Å². The zero-order valence-corrected chi connectivity index (χ0v) is 6.80. The Bertz CT molecular complexity index is 277. The van der Waals surface area contributed by atoms with Crippen LogP contribution in [0, 0.1) is 10.1 Å². The lowest BCUT2D eigenvalue weighted by Crippen LogP contribution is -1.92. The lowest BCUT2D eigenvalue weighted by atomic mass is 10.3. The summed E-state index contributed by atoms with van der Waals surface area (Å²) in [7, 11) is 0. The van der Waals surface area contributed by atoms with Gasteiger partial charge >= 0.3 is 0 Å². The average Bonchev–Trinajstić information content (AvgIpc) is 2.39. The summed E-state index contributed by atoms with van der Waals surface area (Å²) in [5, 5.41) is 13.9. The molecule has 58 valence electrons. The number of hydrogen-bond donors (Lipinski definition) is 0. The third-order valence-electron chi connectivity index (χ3n) is 1.21. The molecule has 0 aromatic carbocycles. The number of nitro groups is 1. The molecule has 0 aliphatic rings. The molecule has 1 aromatic rings. The number of hydrogen-bond acceptors (Lipinski definition) is 3. The molecule has 4 heteroatoms. The molecule has 1 aromatic heterocycles. The molecule has 0 bridgehead atoms. The molecule has 1 heterocycles. The minimum Gasteiger partial charge on any atom is -0.259 e. The van der Waals surface area contributed by atoms with Crippen molar-refractivity contribution in [3.63, 3.8) is 0 Å². The third kappa shape index (κ3) is 2.16. The number of allylic oxidation sites excluding steroid dienone is 1. The van der Waals surface area contributed by atoms with Gasteiger partial charge in [0.25, 0.3) is 0 Å². The Kier molecular flexibility index (Phi) is 2.38. The van der Waals surface area contributed by atoms with Gasteiger partial charge in [0, 0.05) is 13.0 Å². The van der Waals surface area contributed by atoms with Crippen LogP contribution in [0.4, 0.5) is 0 Å². The molecule has 0 aliphatic carbocycles. The van der Waals surface area contributed by atoms with Gasteiger partial charge in [-0.25, -0.2) is 0 Å². The fourth-order valence-corrected chi connectivity index (χ4v) is 1.27. The molecule has 0 spiro atoms. The molecule has 0 amide bonds. The largest absolute Gasteiger partial charge is 0.259 e. The first-order valence-electron chi connectivity index (χ1n) is 3.05. The van der Waals surface area contributed by atoms with Gasteiger partial charge in [-0.1, -0.05) is 0 Å². The molecule has 0 N–H and O–H groups in total. The van der Waals surface area contributed by atoms with Crippen molar-refractivity contribution in [2.75, 3.05) is 0 Å². The highest BCUT2D eigenvalue weighted by molar-refractivity contribution is 7.08. The molecule has 0 atom stereocenters. The molecule has 0 saturated heterocycles. The Hall–Kier alpha value is -1.16. The first-order chi connectivity index (χ1) is 5.20. The molecule has 1 rings (SSSR count). The minimum atomic E-state index is -0.391. The van der Waals surface area contributed by atoms with Gasteiger partial charge in [0.2, 0.25) is 5.70 Å². The van der Waals surface area contributed by atoms with E-state index in [0.717, 1.165) is 5.56 Å². The molecule has 0 radical (unpaired) electrons. The van der Waals surface area contributed by atoms with Crippen LogP contribution in [0.3, 0.4) is 0 Å². The van der Waals surface area contributed by atoms with Gasteiger partial charge in [-0.2, -0.15) is 11.3 Å². The van der Waals surface area contributed by atoms with Crippen LogP contribution in [0.25, 0.3) is 6.08 Å². The second kappa shape index (κ2) is 3.30. The fraction of sp³-hybridized carbons (Fsp3) is 0.143. The highest BCUT2D eigenvalue weighted by atomic mass is 32.1. The average molecular weight is 169 g/mol. The van der Waals surface area contributed by atoms with Crippen LogP contribution < -0.4 is 0 Å². The summed E-state index contributed by atoms with van der Waals surface area (Å²) in [6.07, 6.45) is 1.55. The Labute approximate surface area is 68.1 Å². The van der Waals surface area contributed by atoms with Crippen molar-refractivity contribution in [2.45, 2.75) is 6.92 Å². The summed E-state index contributed by atoms with van der Waals surface area (Å²) in [5.74, 6) is 0. The van der Waals surface area contributed by atoms with Crippen LogP contribution in [0.15, 0.2) is 22.5 Å². The fourth-order valence-electron chi connectivity index (χ4n) is 0.651. The predicted molar refractivity (Wildman–Crippen MR) is 45.0 cm³/mol. The monoisotopic (exact) mass is 169 g/mol. The highest BCUT2D eigenvalue weighted by Gasteiger charge is 2.00. The number of nitrogens with zero attached hydrogens (tertiary/aromatic N) is 1. The molecular formula is C7H7NO2S. The van der Waals surface area contributed by atoms with Crippen LogP contribution in [-0.4, -0.2) is 4.92 Å². The summed E-state index contributed by atoms with van der Waals surface area (Å²) in [5.41, 5.74) is 1.06. The Morgan fingerprint density at radius 2 is 2.55 bits per heavy atom. The van der Waals surface area contributed by atoms with Gasteiger partial charge in [-0.15, -0.1) is 0 Å². The van der Waals surface area contributed by atoms with Crippen molar-refractivity contribution in [1.82, 2.24) is 0 Å². The van der Waals surface area contributed by atoms with Gasteiger partial charge in [-0.3, -0.25) is 10.1 Å². The molecule has 0 unspecified atom stereocenters. The molecular weight excluding hydrogens is 162 g/mol. The third-order valence-corrected chi connectivity index (χ3v) is 1.91. The topological polar surface area (TPSA) is 43.1 Å². The summed E-state index contributed by atoms with van der Waals surface area (Å²) < 4.78 is 0. The van der Waals surface area contributed by atoms with Crippen molar-refractivity contribution in [1.29, 1.82) is 0 Å². The van der Waals surface area contributed by atoms with Crippen molar-refractivity contribution in [3.05, 3.63) is 38.2 Å². The van der Waals surface area contributed by atoms with Crippen molar-refractivity contribution < 1.29 is 4.92 Å². The smallest absolute Gasteiger partial charge is 0.243 e. The van der Waals surface area contributed by atoms with Gasteiger partial charge in [0.1, 0.15) is 0 Å². The van der Waals surface area contributed by atoms with E-state index in [1.54, 1.807) is 6.08 Å². The first kappa shape index (κ1) is 7.94. The van der Waals surface area contributed by atoms with E-state index in [-0.39, 0.29) is 5.70 Å². The van der Waals surface area contributed by atoms with Gasteiger partial charge < -0.3 is 0 Å². The zero-order chi connectivity index (χ0) is 8.27. The Morgan fingerprint density at radius 1 is 1.82 bits per heavy atom. The minimum absolute atomic E-state index is 0.170. The van der Waals surface area contributed by atoms with E-state index in [2.05, 4.69) is 0 Å². The lowest BCUT2D eigenvalue weighted by Gasteiger charge is -1.86. The van der Waals surface area contributed by atoms with E-state index in [4.69, 9.17) is 0 Å². The predicted octanol–water partition coefficient (Wildman–Crippen LogP) is 2.39. The van der Waals surface area contributed by atoms with E-state index in [1.165, 1.54) is 18.3 Å². The van der Waals surface area contributed by atoms with E-state index >= 15 is 0 Å². The quantitative estimate of drug-likeness (QED) is 0.504. The summed E-state index contributed by atoms with van der Waals surface area (Å²) in [6, 6.07) is 1.84. The number of thiophene rings is 1. The molecule has 0 fully saturated rings. The number of rotatable bonds is 2. The van der Waals surface area contributed by atoms with Crippen LogP contribution in [0.5, 0.6) is 0 Å². The summed E-state index contributed by atoms with van der Waals surface area (Å²) in [4.78, 5) is 9.77. The highest BCUT2D eigenvalue weighted by Crippen LogP contribution is 2.10. The van der Waals surface area contributed by atoms with E-state index in [1.807, 2.05) is 16.8 Å². The van der Waals surface area contributed by atoms with Gasteiger partial charge in [-0.05, 0) is 22.4 Å². The summed E-state index contributed by atoms with van der Waals surface area (Å²) in [6.45, 7) is 1.48. The van der Waals surface area contributed by atoms with E-state index in [0.29, 0.717) is 0 Å². The molecule has 11 heavy (non-hydrogen) atoms. The van der Waals surface area contributed by atoms with E-state index < -0.39 is 4.92 Å². The van der Waals surface area contributed by atoms with Crippen LogP contribution >= 0.6 is 11.3 Å². The molecule has 3 nitrogen and oxygen atoms in total. The Balaban J connectivity index is 2.82. The standard InChI is InChI=1S/C7H7NO2S/c1-6(8(9)10)4-7-2-3-11-5-7/h2-5H,1H3/b6-4-. The van der Waals surface area contributed by atoms with Crippen LogP contribution in [0.2, 0.25) is 0 Å². The maximum absolute atomic E-state index is 10.2. The lowest BCUT2D eigenvalue weighted by molar-refractivity contribution is -0.422. The first-order valence-corrected chi connectivity index (χ1v) is 3.99. The van der Waals surface area contributed by atoms with E-state index in [9.17, 15) is 10.1 Å². The SMILES string of the molecule is C/C(=C/c1ccsc1)[N+](=O)[O-]. The normalized spacial score (nSPS) is 11.5. The van der Waals surface area contributed by atoms with Gasteiger partial charge in [0.15, 0.2) is 0 Å². The van der Waals surface area contributed by atoms with Crippen molar-refractivity contribution in [3.8, 4) is 0 Å².